The van der Waals surface area contributed by atoms with Crippen molar-refractivity contribution in [2.45, 2.75) is 18.9 Å². The molecule has 1 unspecified atom stereocenters. The van der Waals surface area contributed by atoms with Crippen molar-refractivity contribution in [3.8, 4) is 0 Å². The van der Waals surface area contributed by atoms with E-state index in [4.69, 9.17) is 23.1 Å². The Bertz CT molecular complexity index is 715. The van der Waals surface area contributed by atoms with Gasteiger partial charge in [0.15, 0.2) is 0 Å². The van der Waals surface area contributed by atoms with E-state index in [2.05, 4.69) is 11.4 Å². The van der Waals surface area contributed by atoms with Crippen LogP contribution in [0.15, 0.2) is 36.4 Å². The van der Waals surface area contributed by atoms with Gasteiger partial charge in [0.25, 0.3) is 0 Å². The van der Waals surface area contributed by atoms with Gasteiger partial charge in [0.05, 0.1) is 16.8 Å². The highest BCUT2D eigenvalue weighted by Crippen LogP contribution is 2.36. The van der Waals surface area contributed by atoms with E-state index in [1.54, 1.807) is 18.2 Å². The van der Waals surface area contributed by atoms with Gasteiger partial charge in [0.1, 0.15) is 0 Å². The number of halogens is 1. The third-order valence-electron chi connectivity index (χ3n) is 3.83. The van der Waals surface area contributed by atoms with Crippen LogP contribution in [0.1, 0.15) is 33.9 Å². The first-order valence-electron chi connectivity index (χ1n) is 6.79. The number of carbonyl (C=O) groups is 1. The van der Waals surface area contributed by atoms with Crippen LogP contribution in [-0.2, 0) is 6.42 Å². The van der Waals surface area contributed by atoms with E-state index < -0.39 is 5.91 Å². The molecule has 21 heavy (non-hydrogen) atoms. The molecule has 0 fully saturated rings. The monoisotopic (exact) mass is 301 g/mol. The molecule has 0 saturated heterocycles. The van der Waals surface area contributed by atoms with Crippen molar-refractivity contribution in [1.82, 2.24) is 0 Å². The Balaban J connectivity index is 1.84. The Morgan fingerprint density at radius 3 is 2.76 bits per heavy atom. The number of nitrogens with two attached hydrogens (primary N) is 2. The van der Waals surface area contributed by atoms with Crippen LogP contribution in [0.2, 0.25) is 5.02 Å². The first-order valence-corrected chi connectivity index (χ1v) is 7.16. The predicted octanol–water partition coefficient (Wildman–Crippen LogP) is 3.12. The van der Waals surface area contributed by atoms with E-state index in [0.29, 0.717) is 10.6 Å². The van der Waals surface area contributed by atoms with Gasteiger partial charge in [-0.05, 0) is 54.3 Å². The molecule has 1 aliphatic rings. The van der Waals surface area contributed by atoms with Crippen molar-refractivity contribution in [3.63, 3.8) is 0 Å². The highest BCUT2D eigenvalue weighted by Gasteiger charge is 2.23. The standard InChI is InChI=1S/C16H16ClN3O/c17-13-8-10(16(19)21)2-6-15(13)20-14-5-1-9-7-11(18)3-4-12(9)14/h2-4,6-8,14,20H,1,5,18H2,(H2,19,21). The van der Waals surface area contributed by atoms with Crippen LogP contribution < -0.4 is 16.8 Å². The maximum absolute atomic E-state index is 11.1. The summed E-state index contributed by atoms with van der Waals surface area (Å²) in [5.74, 6) is -0.481. The Labute approximate surface area is 128 Å². The number of anilines is 2. The number of amides is 1. The second-order valence-corrected chi connectivity index (χ2v) is 5.66. The number of hydrogen-bond donors (Lipinski definition) is 3. The lowest BCUT2D eigenvalue weighted by Gasteiger charge is -2.17. The molecule has 1 atom stereocenters. The lowest BCUT2D eigenvalue weighted by Crippen LogP contribution is -2.12. The first kappa shape index (κ1) is 13.8. The molecule has 0 aliphatic heterocycles. The normalized spacial score (nSPS) is 16.5. The fourth-order valence-corrected chi connectivity index (χ4v) is 3.00. The van der Waals surface area contributed by atoms with Crippen molar-refractivity contribution in [2.24, 2.45) is 5.73 Å². The SMILES string of the molecule is NC(=O)c1ccc(NC2CCc3cc(N)ccc32)c(Cl)c1. The van der Waals surface area contributed by atoms with Gasteiger partial charge >= 0.3 is 0 Å². The van der Waals surface area contributed by atoms with E-state index in [1.807, 2.05) is 12.1 Å². The number of benzene rings is 2. The molecule has 3 rings (SSSR count). The quantitative estimate of drug-likeness (QED) is 0.762. The van der Waals surface area contributed by atoms with E-state index in [0.717, 1.165) is 24.2 Å². The fourth-order valence-electron chi connectivity index (χ4n) is 2.76. The summed E-state index contributed by atoms with van der Waals surface area (Å²) < 4.78 is 0. The van der Waals surface area contributed by atoms with Crippen LogP contribution in [0.3, 0.4) is 0 Å². The van der Waals surface area contributed by atoms with E-state index in [1.165, 1.54) is 11.1 Å². The van der Waals surface area contributed by atoms with Crippen molar-refractivity contribution >= 4 is 28.9 Å². The Kier molecular flexibility index (Phi) is 3.47. The maximum atomic E-state index is 11.1. The molecular weight excluding hydrogens is 286 g/mol. The molecule has 0 saturated carbocycles. The number of fused-ring (bicyclic) bond motifs is 1. The lowest BCUT2D eigenvalue weighted by atomic mass is 10.1. The first-order chi connectivity index (χ1) is 10.0. The number of nitrogen functional groups attached to an aromatic ring is 1. The van der Waals surface area contributed by atoms with E-state index in [-0.39, 0.29) is 6.04 Å². The van der Waals surface area contributed by atoms with Crippen molar-refractivity contribution in [2.75, 3.05) is 11.1 Å². The molecule has 1 amide bonds. The number of nitrogens with one attached hydrogen (secondary N) is 1. The van der Waals surface area contributed by atoms with Gasteiger partial charge in [-0.25, -0.2) is 0 Å². The van der Waals surface area contributed by atoms with E-state index in [9.17, 15) is 4.79 Å². The van der Waals surface area contributed by atoms with Crippen LogP contribution in [-0.4, -0.2) is 5.91 Å². The number of carbonyl (C=O) groups excluding carboxylic acids is 1. The Morgan fingerprint density at radius 1 is 1.24 bits per heavy atom. The summed E-state index contributed by atoms with van der Waals surface area (Å²) in [5.41, 5.74) is 15.6. The number of aryl methyl sites for hydroxylation is 1. The average molecular weight is 302 g/mol. The molecule has 0 aromatic heterocycles. The average Bonchev–Trinajstić information content (AvgIpc) is 2.83. The predicted molar refractivity (Wildman–Crippen MR) is 85.5 cm³/mol. The number of primary amides is 1. The van der Waals surface area contributed by atoms with Gasteiger partial charge in [-0.1, -0.05) is 17.7 Å². The van der Waals surface area contributed by atoms with Crippen LogP contribution in [0, 0.1) is 0 Å². The zero-order chi connectivity index (χ0) is 15.0. The summed E-state index contributed by atoms with van der Waals surface area (Å²) in [6, 6.07) is 11.3. The smallest absolute Gasteiger partial charge is 0.248 e. The molecule has 0 bridgehead atoms. The van der Waals surface area contributed by atoms with Crippen molar-refractivity contribution < 1.29 is 4.79 Å². The van der Waals surface area contributed by atoms with Crippen LogP contribution in [0.4, 0.5) is 11.4 Å². The van der Waals surface area contributed by atoms with Gasteiger partial charge in [0, 0.05) is 11.3 Å². The van der Waals surface area contributed by atoms with Crippen LogP contribution in [0.25, 0.3) is 0 Å². The molecule has 0 heterocycles. The summed E-state index contributed by atoms with van der Waals surface area (Å²) in [6.45, 7) is 0. The second kappa shape index (κ2) is 5.30. The van der Waals surface area contributed by atoms with Crippen LogP contribution in [0.5, 0.6) is 0 Å². The fraction of sp³-hybridized carbons (Fsp3) is 0.188. The van der Waals surface area contributed by atoms with Gasteiger partial charge < -0.3 is 16.8 Å². The molecular formula is C16H16ClN3O. The molecule has 0 radical (unpaired) electrons. The minimum absolute atomic E-state index is 0.206. The molecule has 5 heteroatoms. The Morgan fingerprint density at radius 2 is 2.05 bits per heavy atom. The zero-order valence-corrected chi connectivity index (χ0v) is 12.2. The number of rotatable bonds is 3. The summed E-state index contributed by atoms with van der Waals surface area (Å²) in [7, 11) is 0. The third kappa shape index (κ3) is 2.67. The van der Waals surface area contributed by atoms with Crippen molar-refractivity contribution in [3.05, 3.63) is 58.1 Å². The second-order valence-electron chi connectivity index (χ2n) is 5.25. The molecule has 0 spiro atoms. The zero-order valence-electron chi connectivity index (χ0n) is 11.4. The highest BCUT2D eigenvalue weighted by molar-refractivity contribution is 6.33. The summed E-state index contributed by atoms with van der Waals surface area (Å²) in [6.07, 6.45) is 1.99. The lowest BCUT2D eigenvalue weighted by molar-refractivity contribution is 0.100. The third-order valence-corrected chi connectivity index (χ3v) is 4.14. The van der Waals surface area contributed by atoms with Crippen LogP contribution >= 0.6 is 11.6 Å². The van der Waals surface area contributed by atoms with Gasteiger partial charge in [-0.15, -0.1) is 0 Å². The molecule has 4 nitrogen and oxygen atoms in total. The highest BCUT2D eigenvalue weighted by atomic mass is 35.5. The summed E-state index contributed by atoms with van der Waals surface area (Å²) >= 11 is 6.21. The minimum Gasteiger partial charge on any atom is -0.399 e. The molecule has 1 aliphatic carbocycles. The van der Waals surface area contributed by atoms with E-state index >= 15 is 0 Å². The largest absolute Gasteiger partial charge is 0.399 e. The van der Waals surface area contributed by atoms with Gasteiger partial charge in [0.2, 0.25) is 5.91 Å². The molecule has 108 valence electrons. The maximum Gasteiger partial charge on any atom is 0.248 e. The number of hydrogen-bond acceptors (Lipinski definition) is 3. The Hall–Kier alpha value is -2.20. The molecule has 2 aromatic carbocycles. The molecule has 5 N–H and O–H groups in total. The van der Waals surface area contributed by atoms with Gasteiger partial charge in [-0.2, -0.15) is 0 Å². The summed E-state index contributed by atoms with van der Waals surface area (Å²) in [4.78, 5) is 11.1. The minimum atomic E-state index is -0.481. The topological polar surface area (TPSA) is 81.1 Å². The molecule has 2 aromatic rings. The van der Waals surface area contributed by atoms with Crippen molar-refractivity contribution in [1.29, 1.82) is 0 Å². The summed E-state index contributed by atoms with van der Waals surface area (Å²) in [5, 5.41) is 3.92. The van der Waals surface area contributed by atoms with Gasteiger partial charge in [-0.3, -0.25) is 4.79 Å².